The maximum Gasteiger partial charge on any atom is -0.00132 e. The van der Waals surface area contributed by atoms with Crippen LogP contribution in [-0.4, -0.2) is 0 Å². The summed E-state index contributed by atoms with van der Waals surface area (Å²) in [5.41, 5.74) is 10.7. The Morgan fingerprint density at radius 2 is 0.966 bits per heavy atom. The van der Waals surface area contributed by atoms with Crippen molar-refractivity contribution >= 4 is 10.8 Å². The minimum Gasteiger partial charge on any atom is -0.0619 e. The van der Waals surface area contributed by atoms with Crippen LogP contribution in [0.5, 0.6) is 0 Å². The van der Waals surface area contributed by atoms with Crippen molar-refractivity contribution in [2.24, 2.45) is 0 Å². The van der Waals surface area contributed by atoms with Gasteiger partial charge in [-0.05, 0) is 67.8 Å². The highest BCUT2D eigenvalue weighted by atomic mass is 14.2. The maximum atomic E-state index is 2.36. The Morgan fingerprint density at radius 1 is 0.379 bits per heavy atom. The number of fused-ring (bicyclic) bond motifs is 4. The first-order chi connectivity index (χ1) is 14.3. The molecule has 0 amide bonds. The monoisotopic (exact) mass is 368 g/mol. The van der Waals surface area contributed by atoms with Crippen LogP contribution in [0.25, 0.3) is 44.2 Å². The van der Waals surface area contributed by atoms with Gasteiger partial charge >= 0.3 is 0 Å². The van der Waals surface area contributed by atoms with E-state index in [1.165, 1.54) is 55.3 Å². The fraction of sp³-hybridized carbons (Fsp3) is 0.0345. The third-order valence-corrected chi connectivity index (χ3v) is 6.09. The summed E-state index contributed by atoms with van der Waals surface area (Å²) in [6.45, 7) is 0. The highest BCUT2D eigenvalue weighted by molar-refractivity contribution is 5.87. The zero-order valence-electron chi connectivity index (χ0n) is 16.1. The summed E-state index contributed by atoms with van der Waals surface area (Å²) in [6, 6.07) is 39.8. The summed E-state index contributed by atoms with van der Waals surface area (Å²) >= 11 is 0. The fourth-order valence-corrected chi connectivity index (χ4v) is 4.55. The quantitative estimate of drug-likeness (QED) is 0.293. The van der Waals surface area contributed by atoms with Crippen molar-refractivity contribution in [3.05, 3.63) is 120 Å². The molecule has 0 nitrogen and oxygen atoms in total. The van der Waals surface area contributed by atoms with Gasteiger partial charge in [-0.1, -0.05) is 103 Å². The van der Waals surface area contributed by atoms with Gasteiger partial charge in [-0.2, -0.15) is 0 Å². The van der Waals surface area contributed by atoms with E-state index in [0.717, 1.165) is 6.42 Å². The molecular formula is C29H20. The van der Waals surface area contributed by atoms with Crippen molar-refractivity contribution < 1.29 is 0 Å². The zero-order valence-corrected chi connectivity index (χ0v) is 16.1. The maximum absolute atomic E-state index is 2.36. The van der Waals surface area contributed by atoms with Gasteiger partial charge in [0, 0.05) is 0 Å². The van der Waals surface area contributed by atoms with Gasteiger partial charge in [-0.3, -0.25) is 0 Å². The summed E-state index contributed by atoms with van der Waals surface area (Å²) in [5.74, 6) is 0. The average Bonchev–Trinajstić information content (AvgIpc) is 3.17. The van der Waals surface area contributed by atoms with Crippen LogP contribution in [0.3, 0.4) is 0 Å². The molecule has 0 fully saturated rings. The number of hydrogen-bond acceptors (Lipinski definition) is 0. The molecule has 0 saturated heterocycles. The average molecular weight is 368 g/mol. The van der Waals surface area contributed by atoms with E-state index >= 15 is 0 Å². The van der Waals surface area contributed by atoms with E-state index in [1.54, 1.807) is 0 Å². The predicted octanol–water partition coefficient (Wildman–Crippen LogP) is 7.75. The molecule has 0 saturated carbocycles. The second-order valence-corrected chi connectivity index (χ2v) is 7.85. The van der Waals surface area contributed by atoms with Crippen LogP contribution in [0.15, 0.2) is 109 Å². The molecule has 0 atom stereocenters. The lowest BCUT2D eigenvalue weighted by molar-refractivity contribution is 1.26. The summed E-state index contributed by atoms with van der Waals surface area (Å²) < 4.78 is 0. The van der Waals surface area contributed by atoms with Crippen molar-refractivity contribution in [1.82, 2.24) is 0 Å². The van der Waals surface area contributed by atoms with E-state index in [4.69, 9.17) is 0 Å². The van der Waals surface area contributed by atoms with Crippen molar-refractivity contribution in [3.8, 4) is 33.4 Å². The molecular weight excluding hydrogens is 348 g/mol. The zero-order chi connectivity index (χ0) is 19.2. The Labute approximate surface area is 171 Å². The molecule has 0 aliphatic heterocycles. The second kappa shape index (κ2) is 6.46. The molecule has 0 radical (unpaired) electrons. The second-order valence-electron chi connectivity index (χ2n) is 7.85. The minimum absolute atomic E-state index is 1.04. The van der Waals surface area contributed by atoms with Gasteiger partial charge < -0.3 is 0 Å². The van der Waals surface area contributed by atoms with E-state index in [1.807, 2.05) is 0 Å². The normalized spacial score (nSPS) is 12.0. The summed E-state index contributed by atoms with van der Waals surface area (Å²) in [7, 11) is 0. The molecule has 5 aromatic rings. The van der Waals surface area contributed by atoms with Crippen LogP contribution in [0.1, 0.15) is 11.1 Å². The largest absolute Gasteiger partial charge is 0.0619 e. The van der Waals surface area contributed by atoms with Gasteiger partial charge in [0.05, 0.1) is 0 Å². The van der Waals surface area contributed by atoms with Crippen molar-refractivity contribution in [2.45, 2.75) is 6.42 Å². The molecule has 5 aromatic carbocycles. The lowest BCUT2D eigenvalue weighted by Crippen LogP contribution is -1.85. The SMILES string of the molecule is c1ccc2c(c1)Cc1cc(-c3ccc(-c4ccc5ccccc5c4)cc3)ccc1-2. The molecule has 29 heavy (non-hydrogen) atoms. The van der Waals surface area contributed by atoms with E-state index in [0.29, 0.717) is 0 Å². The highest BCUT2D eigenvalue weighted by Gasteiger charge is 2.18. The lowest BCUT2D eigenvalue weighted by atomic mass is 9.96. The van der Waals surface area contributed by atoms with Crippen LogP contribution in [0.2, 0.25) is 0 Å². The Balaban J connectivity index is 1.34. The van der Waals surface area contributed by atoms with Crippen molar-refractivity contribution in [2.75, 3.05) is 0 Å². The first kappa shape index (κ1) is 16.3. The minimum atomic E-state index is 1.04. The third kappa shape index (κ3) is 2.77. The molecule has 0 aromatic heterocycles. The summed E-state index contributed by atoms with van der Waals surface area (Å²) in [6.07, 6.45) is 1.04. The van der Waals surface area contributed by atoms with Gasteiger partial charge in [-0.25, -0.2) is 0 Å². The van der Waals surface area contributed by atoms with Gasteiger partial charge in [0.2, 0.25) is 0 Å². The van der Waals surface area contributed by atoms with E-state index in [9.17, 15) is 0 Å². The Bertz CT molecular complexity index is 1360. The third-order valence-electron chi connectivity index (χ3n) is 6.09. The molecule has 1 aliphatic carbocycles. The first-order valence-corrected chi connectivity index (χ1v) is 10.2. The molecule has 0 unspecified atom stereocenters. The molecule has 6 rings (SSSR count). The fourth-order valence-electron chi connectivity index (χ4n) is 4.55. The standard InChI is InChI=1S/C29H20/c1-2-6-23-17-24(14-13-20(23)5-1)21-9-11-22(12-10-21)25-15-16-29-27(18-25)19-26-7-3-4-8-28(26)29/h1-18H,19H2. The Morgan fingerprint density at radius 3 is 1.79 bits per heavy atom. The Hall–Kier alpha value is -3.64. The van der Waals surface area contributed by atoms with Gasteiger partial charge in [-0.15, -0.1) is 0 Å². The highest BCUT2D eigenvalue weighted by Crippen LogP contribution is 2.38. The molecule has 1 aliphatic rings. The first-order valence-electron chi connectivity index (χ1n) is 10.2. The van der Waals surface area contributed by atoms with E-state index in [2.05, 4.69) is 109 Å². The van der Waals surface area contributed by atoms with E-state index < -0.39 is 0 Å². The predicted molar refractivity (Wildman–Crippen MR) is 123 cm³/mol. The Kier molecular flexibility index (Phi) is 3.64. The topological polar surface area (TPSA) is 0 Å². The number of benzene rings is 5. The molecule has 0 N–H and O–H groups in total. The van der Waals surface area contributed by atoms with Gasteiger partial charge in [0.15, 0.2) is 0 Å². The van der Waals surface area contributed by atoms with Crippen LogP contribution in [0, 0.1) is 0 Å². The number of rotatable bonds is 2. The van der Waals surface area contributed by atoms with Crippen molar-refractivity contribution in [1.29, 1.82) is 0 Å². The van der Waals surface area contributed by atoms with Gasteiger partial charge in [0.25, 0.3) is 0 Å². The van der Waals surface area contributed by atoms with Crippen LogP contribution in [0.4, 0.5) is 0 Å². The summed E-state index contributed by atoms with van der Waals surface area (Å²) in [4.78, 5) is 0. The lowest BCUT2D eigenvalue weighted by Gasteiger charge is -2.08. The molecule has 0 heterocycles. The van der Waals surface area contributed by atoms with Gasteiger partial charge in [0.1, 0.15) is 0 Å². The summed E-state index contributed by atoms with van der Waals surface area (Å²) in [5, 5.41) is 2.57. The number of hydrogen-bond donors (Lipinski definition) is 0. The molecule has 0 heteroatoms. The molecule has 136 valence electrons. The van der Waals surface area contributed by atoms with Crippen molar-refractivity contribution in [3.63, 3.8) is 0 Å². The van der Waals surface area contributed by atoms with Crippen LogP contribution < -0.4 is 0 Å². The smallest absolute Gasteiger partial charge is 0.00132 e. The van der Waals surface area contributed by atoms with Crippen LogP contribution in [-0.2, 0) is 6.42 Å². The molecule has 0 spiro atoms. The van der Waals surface area contributed by atoms with E-state index in [-0.39, 0.29) is 0 Å². The van der Waals surface area contributed by atoms with Crippen LogP contribution >= 0.6 is 0 Å². The molecule has 0 bridgehead atoms.